The van der Waals surface area contributed by atoms with Gasteiger partial charge >= 0.3 is 5.76 Å². The molecular formula is C29H25ClF2N4O4S. The number of ether oxygens (including phenoxy) is 2. The van der Waals surface area contributed by atoms with Crippen LogP contribution in [0.15, 0.2) is 76.2 Å². The zero-order valence-corrected chi connectivity index (χ0v) is 23.5. The van der Waals surface area contributed by atoms with E-state index in [9.17, 15) is 13.6 Å². The highest BCUT2D eigenvalue weighted by Gasteiger charge is 2.26. The molecule has 0 unspecified atom stereocenters. The predicted molar refractivity (Wildman–Crippen MR) is 151 cm³/mol. The highest BCUT2D eigenvalue weighted by Crippen LogP contribution is 2.33. The van der Waals surface area contributed by atoms with Crippen molar-refractivity contribution >= 4 is 22.9 Å². The molecule has 8 nitrogen and oxygen atoms in total. The van der Waals surface area contributed by atoms with E-state index in [1.807, 2.05) is 30.3 Å². The van der Waals surface area contributed by atoms with Crippen molar-refractivity contribution in [3.05, 3.63) is 104 Å². The molecule has 0 aliphatic rings. The molecule has 0 bridgehead atoms. The molecule has 5 aromatic rings. The van der Waals surface area contributed by atoms with Crippen LogP contribution in [0, 0.1) is 0 Å². The van der Waals surface area contributed by atoms with Crippen LogP contribution in [0.5, 0.6) is 5.75 Å². The summed E-state index contributed by atoms with van der Waals surface area (Å²) in [5.41, 5.74) is 2.78. The Kier molecular flexibility index (Phi) is 8.87. The van der Waals surface area contributed by atoms with E-state index in [0.29, 0.717) is 46.5 Å². The van der Waals surface area contributed by atoms with Gasteiger partial charge in [0.1, 0.15) is 23.1 Å². The Morgan fingerprint density at radius 1 is 1.10 bits per heavy atom. The van der Waals surface area contributed by atoms with Crippen LogP contribution in [0.2, 0.25) is 5.02 Å². The number of alkyl halides is 2. The molecule has 3 aromatic heterocycles. The van der Waals surface area contributed by atoms with Crippen molar-refractivity contribution in [2.75, 3.05) is 6.61 Å². The third kappa shape index (κ3) is 7.43. The normalized spacial score (nSPS) is 11.6. The number of hydrogen-bond acceptors (Lipinski definition) is 8. The molecule has 0 fully saturated rings. The molecule has 3 heterocycles. The van der Waals surface area contributed by atoms with Crippen LogP contribution in [0.25, 0.3) is 22.0 Å². The van der Waals surface area contributed by atoms with Crippen LogP contribution >= 0.6 is 22.9 Å². The fourth-order valence-electron chi connectivity index (χ4n) is 3.97. The van der Waals surface area contributed by atoms with E-state index in [1.165, 1.54) is 23.6 Å². The maximum atomic E-state index is 13.6. The van der Waals surface area contributed by atoms with Gasteiger partial charge in [0, 0.05) is 30.9 Å². The van der Waals surface area contributed by atoms with Crippen LogP contribution < -0.4 is 10.5 Å². The van der Waals surface area contributed by atoms with Crippen molar-refractivity contribution in [1.29, 1.82) is 0 Å². The number of nitrogens with one attached hydrogen (secondary N) is 1. The smallest absolute Gasteiger partial charge is 0.439 e. The van der Waals surface area contributed by atoms with Gasteiger partial charge in [0.2, 0.25) is 0 Å². The SMILES string of the molecule is CC(F)(F)c1ccc(-c2nc(CCCOCc3ccccc3)c(COc3ccc(-c4noc(=O)[nH]4)c(Cl)c3)s2)cn1. The molecule has 2 aromatic carbocycles. The topological polar surface area (TPSA) is 103 Å². The minimum atomic E-state index is -3.02. The van der Waals surface area contributed by atoms with Gasteiger partial charge in [0.05, 0.1) is 22.2 Å². The molecule has 1 N–H and O–H groups in total. The Morgan fingerprint density at radius 3 is 2.61 bits per heavy atom. The summed E-state index contributed by atoms with van der Waals surface area (Å²) >= 11 is 7.80. The Balaban J connectivity index is 1.29. The van der Waals surface area contributed by atoms with Gasteiger partial charge in [-0.1, -0.05) is 47.1 Å². The summed E-state index contributed by atoms with van der Waals surface area (Å²) in [4.78, 5) is 23.3. The van der Waals surface area contributed by atoms with E-state index >= 15 is 0 Å². The zero-order chi connectivity index (χ0) is 28.8. The molecule has 41 heavy (non-hydrogen) atoms. The van der Waals surface area contributed by atoms with Gasteiger partial charge in [0.15, 0.2) is 5.82 Å². The minimum Gasteiger partial charge on any atom is -0.488 e. The monoisotopic (exact) mass is 598 g/mol. The molecule has 5 rings (SSSR count). The molecular weight excluding hydrogens is 574 g/mol. The first-order valence-electron chi connectivity index (χ1n) is 12.7. The summed E-state index contributed by atoms with van der Waals surface area (Å²) < 4.78 is 43.7. The van der Waals surface area contributed by atoms with Gasteiger partial charge in [-0.25, -0.2) is 9.78 Å². The number of H-pyrrole nitrogens is 1. The first kappa shape index (κ1) is 28.6. The molecule has 212 valence electrons. The zero-order valence-electron chi connectivity index (χ0n) is 21.9. The van der Waals surface area contributed by atoms with E-state index in [4.69, 9.17) is 26.1 Å². The van der Waals surface area contributed by atoms with E-state index in [0.717, 1.165) is 29.5 Å². The highest BCUT2D eigenvalue weighted by atomic mass is 35.5. The second-order valence-corrected chi connectivity index (χ2v) is 10.7. The summed E-state index contributed by atoms with van der Waals surface area (Å²) in [6, 6.07) is 17.9. The minimum absolute atomic E-state index is 0.215. The fraction of sp³-hybridized carbons (Fsp3) is 0.241. The largest absolute Gasteiger partial charge is 0.488 e. The van der Waals surface area contributed by atoms with Crippen molar-refractivity contribution in [3.8, 4) is 27.7 Å². The van der Waals surface area contributed by atoms with Gasteiger partial charge < -0.3 is 9.47 Å². The molecule has 0 aliphatic heterocycles. The standard InChI is InChI=1S/C29H25ClF2N4O4S/c1-29(31,32)25-12-9-19(15-33-25)27-34-23(8-5-13-38-16-18-6-3-2-4-7-18)24(41-27)17-39-20-10-11-21(22(30)14-20)26-35-28(37)40-36-26/h2-4,6-7,9-12,14-15H,5,8,13,16-17H2,1H3,(H,35,36,37). The van der Waals surface area contributed by atoms with Crippen molar-refractivity contribution in [1.82, 2.24) is 20.1 Å². The molecule has 0 amide bonds. The Morgan fingerprint density at radius 2 is 1.93 bits per heavy atom. The van der Waals surface area contributed by atoms with Crippen LogP contribution in [-0.2, 0) is 30.3 Å². The van der Waals surface area contributed by atoms with Gasteiger partial charge in [-0.2, -0.15) is 8.78 Å². The average molecular weight is 599 g/mol. The molecule has 0 radical (unpaired) electrons. The van der Waals surface area contributed by atoms with Crippen LogP contribution in [0.1, 0.15) is 35.2 Å². The molecule has 0 saturated heterocycles. The number of aryl methyl sites for hydroxylation is 1. The van der Waals surface area contributed by atoms with E-state index in [2.05, 4.69) is 19.6 Å². The maximum Gasteiger partial charge on any atom is 0.439 e. The predicted octanol–water partition coefficient (Wildman–Crippen LogP) is 7.04. The Bertz CT molecular complexity index is 1650. The van der Waals surface area contributed by atoms with Gasteiger partial charge in [-0.3, -0.25) is 14.5 Å². The second kappa shape index (κ2) is 12.7. The number of thiazole rings is 1. The van der Waals surface area contributed by atoms with E-state index < -0.39 is 11.7 Å². The highest BCUT2D eigenvalue weighted by molar-refractivity contribution is 7.15. The summed E-state index contributed by atoms with van der Waals surface area (Å²) in [5, 5.41) is 4.64. The van der Waals surface area contributed by atoms with Crippen LogP contribution in [0.4, 0.5) is 8.78 Å². The van der Waals surface area contributed by atoms with Crippen molar-refractivity contribution in [2.45, 2.75) is 38.9 Å². The van der Waals surface area contributed by atoms with Crippen molar-refractivity contribution < 1.29 is 22.8 Å². The quantitative estimate of drug-likeness (QED) is 0.154. The summed E-state index contributed by atoms with van der Waals surface area (Å²) in [5.74, 6) is -2.97. The molecule has 0 spiro atoms. The van der Waals surface area contributed by atoms with E-state index in [1.54, 1.807) is 24.3 Å². The number of aromatic nitrogens is 4. The first-order valence-corrected chi connectivity index (χ1v) is 13.9. The number of pyridine rings is 1. The lowest BCUT2D eigenvalue weighted by Gasteiger charge is -2.09. The number of hydrogen-bond donors (Lipinski definition) is 1. The molecule has 0 saturated carbocycles. The Labute approximate surface area is 243 Å². The maximum absolute atomic E-state index is 13.6. The average Bonchev–Trinajstić information content (AvgIpc) is 3.58. The third-order valence-electron chi connectivity index (χ3n) is 6.06. The van der Waals surface area contributed by atoms with Gasteiger partial charge in [0.25, 0.3) is 5.92 Å². The summed E-state index contributed by atoms with van der Waals surface area (Å²) in [7, 11) is 0. The van der Waals surface area contributed by atoms with Crippen LogP contribution in [0.3, 0.4) is 0 Å². The van der Waals surface area contributed by atoms with Crippen LogP contribution in [-0.4, -0.2) is 26.7 Å². The summed E-state index contributed by atoms with van der Waals surface area (Å²) in [6.45, 7) is 2.10. The molecule has 12 heteroatoms. The van der Waals surface area contributed by atoms with Gasteiger partial charge in [-0.05, 0) is 48.7 Å². The third-order valence-corrected chi connectivity index (χ3v) is 7.49. The number of rotatable bonds is 12. The van der Waals surface area contributed by atoms with E-state index in [-0.39, 0.29) is 18.1 Å². The molecule has 0 atom stereocenters. The fourth-order valence-corrected chi connectivity index (χ4v) is 5.24. The lowest BCUT2D eigenvalue weighted by atomic mass is 10.2. The number of aromatic amines is 1. The first-order chi connectivity index (χ1) is 19.8. The number of benzene rings is 2. The number of halogens is 3. The number of nitrogens with zero attached hydrogens (tertiary/aromatic N) is 3. The Hall–Kier alpha value is -3.93. The molecule has 0 aliphatic carbocycles. The van der Waals surface area contributed by atoms with Crippen molar-refractivity contribution in [2.24, 2.45) is 0 Å². The van der Waals surface area contributed by atoms with Crippen molar-refractivity contribution in [3.63, 3.8) is 0 Å². The lowest BCUT2D eigenvalue weighted by molar-refractivity contribution is 0.0128. The lowest BCUT2D eigenvalue weighted by Crippen LogP contribution is -2.09. The van der Waals surface area contributed by atoms with Gasteiger partial charge in [-0.15, -0.1) is 11.3 Å². The second-order valence-electron chi connectivity index (χ2n) is 9.23. The summed E-state index contributed by atoms with van der Waals surface area (Å²) in [6.07, 6.45) is 2.79.